The Labute approximate surface area is 137 Å². The number of nitrogens with zero attached hydrogens (tertiary/aromatic N) is 1. The van der Waals surface area contributed by atoms with Gasteiger partial charge in [0.05, 0.1) is 0 Å². The molecule has 0 aliphatic carbocycles. The molecule has 0 saturated heterocycles. The number of hydrogen-bond acceptors (Lipinski definition) is 2. The van der Waals surface area contributed by atoms with Crippen molar-refractivity contribution < 1.29 is 9.59 Å². The molecule has 0 aliphatic heterocycles. The largest absolute Gasteiger partial charge is 0.354 e. The smallest absolute Gasteiger partial charge is 0.242 e. The van der Waals surface area contributed by atoms with E-state index in [0.29, 0.717) is 30.5 Å². The van der Waals surface area contributed by atoms with Gasteiger partial charge in [-0.05, 0) is 30.5 Å². The zero-order valence-corrected chi connectivity index (χ0v) is 14.5. The number of rotatable bonds is 7. The summed E-state index contributed by atoms with van der Waals surface area (Å²) in [6.45, 7) is 8.65. The van der Waals surface area contributed by atoms with Gasteiger partial charge in [0.15, 0.2) is 0 Å². The molecule has 1 rings (SSSR count). The summed E-state index contributed by atoms with van der Waals surface area (Å²) in [6, 6.07) is 6.82. The van der Waals surface area contributed by atoms with Gasteiger partial charge in [-0.2, -0.15) is 0 Å². The normalized spacial score (nSPS) is 12.1. The molecule has 0 saturated carbocycles. The predicted molar refractivity (Wildman–Crippen MR) is 89.6 cm³/mol. The summed E-state index contributed by atoms with van der Waals surface area (Å²) in [6.07, 6.45) is 0.370. The first kappa shape index (κ1) is 18.5. The van der Waals surface area contributed by atoms with Crippen molar-refractivity contribution in [2.24, 2.45) is 5.92 Å². The van der Waals surface area contributed by atoms with Crippen molar-refractivity contribution >= 4 is 23.4 Å². The minimum Gasteiger partial charge on any atom is -0.354 e. The van der Waals surface area contributed by atoms with Crippen molar-refractivity contribution in [3.63, 3.8) is 0 Å². The van der Waals surface area contributed by atoms with E-state index in [-0.39, 0.29) is 11.8 Å². The standard InChI is InChI=1S/C17H25ClN2O2/c1-5-16(21)20(11-14-6-8-15(18)9-7-14)13(4)17(22)19-10-12(2)3/h6-9,12-13H,5,10-11H2,1-4H3,(H,19,22)/t13-/m1/s1. The van der Waals surface area contributed by atoms with Crippen LogP contribution in [0.2, 0.25) is 5.02 Å². The van der Waals surface area contributed by atoms with Crippen molar-refractivity contribution in [1.82, 2.24) is 10.2 Å². The average molecular weight is 325 g/mol. The van der Waals surface area contributed by atoms with Gasteiger partial charge in [-0.15, -0.1) is 0 Å². The fourth-order valence-electron chi connectivity index (χ4n) is 2.02. The minimum atomic E-state index is -0.498. The first-order valence-corrected chi connectivity index (χ1v) is 8.04. The molecule has 2 amide bonds. The number of hydrogen-bond donors (Lipinski definition) is 1. The molecule has 0 radical (unpaired) electrons. The first-order valence-electron chi connectivity index (χ1n) is 7.66. The summed E-state index contributed by atoms with van der Waals surface area (Å²) in [5.41, 5.74) is 0.953. The topological polar surface area (TPSA) is 49.4 Å². The second-order valence-corrected chi connectivity index (χ2v) is 6.25. The van der Waals surface area contributed by atoms with Crippen molar-refractivity contribution in [1.29, 1.82) is 0 Å². The van der Waals surface area contributed by atoms with Crippen LogP contribution in [0.25, 0.3) is 0 Å². The van der Waals surface area contributed by atoms with E-state index in [0.717, 1.165) is 5.56 Å². The number of carbonyl (C=O) groups is 2. The molecular weight excluding hydrogens is 300 g/mol. The average Bonchev–Trinajstić information content (AvgIpc) is 2.50. The zero-order chi connectivity index (χ0) is 16.7. The number of halogens is 1. The van der Waals surface area contributed by atoms with E-state index in [2.05, 4.69) is 5.32 Å². The molecule has 0 fully saturated rings. The van der Waals surface area contributed by atoms with E-state index in [1.54, 1.807) is 30.9 Å². The SMILES string of the molecule is CCC(=O)N(Cc1ccc(Cl)cc1)[C@H](C)C(=O)NCC(C)C. The lowest BCUT2D eigenvalue weighted by molar-refractivity contribution is -0.140. The maximum atomic E-state index is 12.2. The van der Waals surface area contributed by atoms with Gasteiger partial charge in [0.25, 0.3) is 0 Å². The van der Waals surface area contributed by atoms with Crippen LogP contribution in [0.5, 0.6) is 0 Å². The molecular formula is C17H25ClN2O2. The van der Waals surface area contributed by atoms with Gasteiger partial charge < -0.3 is 10.2 Å². The molecule has 0 heterocycles. The summed E-state index contributed by atoms with van der Waals surface area (Å²) in [4.78, 5) is 26.0. The summed E-state index contributed by atoms with van der Waals surface area (Å²) in [5, 5.41) is 3.53. The molecule has 0 aliphatic rings. The van der Waals surface area contributed by atoms with Gasteiger partial charge in [0.2, 0.25) is 11.8 Å². The lowest BCUT2D eigenvalue weighted by Crippen LogP contribution is -2.48. The van der Waals surface area contributed by atoms with Crippen molar-refractivity contribution in [2.75, 3.05) is 6.54 Å². The van der Waals surface area contributed by atoms with Crippen molar-refractivity contribution in [2.45, 2.75) is 46.7 Å². The van der Waals surface area contributed by atoms with Gasteiger partial charge in [-0.3, -0.25) is 9.59 Å². The minimum absolute atomic E-state index is 0.0397. The fraction of sp³-hybridized carbons (Fsp3) is 0.529. The summed E-state index contributed by atoms with van der Waals surface area (Å²) >= 11 is 5.88. The Morgan fingerprint density at radius 1 is 1.18 bits per heavy atom. The highest BCUT2D eigenvalue weighted by atomic mass is 35.5. The van der Waals surface area contributed by atoms with Gasteiger partial charge in [-0.1, -0.05) is 44.5 Å². The van der Waals surface area contributed by atoms with E-state index >= 15 is 0 Å². The summed E-state index contributed by atoms with van der Waals surface area (Å²) in [5.74, 6) is 0.217. The van der Waals surface area contributed by atoms with Crippen LogP contribution in [-0.4, -0.2) is 29.3 Å². The Hall–Kier alpha value is -1.55. The van der Waals surface area contributed by atoms with Crippen LogP contribution in [0.15, 0.2) is 24.3 Å². The van der Waals surface area contributed by atoms with E-state index in [9.17, 15) is 9.59 Å². The van der Waals surface area contributed by atoms with Crippen LogP contribution >= 0.6 is 11.6 Å². The first-order chi connectivity index (χ1) is 10.3. The summed E-state index contributed by atoms with van der Waals surface area (Å²) < 4.78 is 0. The van der Waals surface area contributed by atoms with Crippen LogP contribution < -0.4 is 5.32 Å². The van der Waals surface area contributed by atoms with Gasteiger partial charge >= 0.3 is 0 Å². The number of carbonyl (C=O) groups excluding carboxylic acids is 2. The lowest BCUT2D eigenvalue weighted by Gasteiger charge is -2.28. The van der Waals surface area contributed by atoms with Gasteiger partial charge in [-0.25, -0.2) is 0 Å². The molecule has 1 atom stereocenters. The van der Waals surface area contributed by atoms with Crippen molar-refractivity contribution in [3.05, 3.63) is 34.9 Å². The monoisotopic (exact) mass is 324 g/mol. The molecule has 122 valence electrons. The maximum absolute atomic E-state index is 12.2. The summed E-state index contributed by atoms with van der Waals surface area (Å²) in [7, 11) is 0. The molecule has 0 unspecified atom stereocenters. The Bertz CT molecular complexity index is 500. The number of amides is 2. The Morgan fingerprint density at radius 2 is 1.77 bits per heavy atom. The molecule has 1 aromatic rings. The highest BCUT2D eigenvalue weighted by molar-refractivity contribution is 6.30. The maximum Gasteiger partial charge on any atom is 0.242 e. The van der Waals surface area contributed by atoms with Gasteiger partial charge in [0.1, 0.15) is 6.04 Å². The lowest BCUT2D eigenvalue weighted by atomic mass is 10.1. The van der Waals surface area contributed by atoms with Crippen LogP contribution in [0.1, 0.15) is 39.7 Å². The zero-order valence-electron chi connectivity index (χ0n) is 13.7. The van der Waals surface area contributed by atoms with Gasteiger partial charge in [0, 0.05) is 24.5 Å². The molecule has 4 nitrogen and oxygen atoms in total. The number of nitrogens with one attached hydrogen (secondary N) is 1. The van der Waals surface area contributed by atoms with Crippen LogP contribution in [0.4, 0.5) is 0 Å². The van der Waals surface area contributed by atoms with E-state index in [4.69, 9.17) is 11.6 Å². The molecule has 22 heavy (non-hydrogen) atoms. The molecule has 0 spiro atoms. The third-order valence-corrected chi connectivity index (χ3v) is 3.67. The third kappa shape index (κ3) is 5.68. The molecule has 0 bridgehead atoms. The Kier molecular flexibility index (Phi) is 7.39. The van der Waals surface area contributed by atoms with Crippen molar-refractivity contribution in [3.8, 4) is 0 Å². The second kappa shape index (κ2) is 8.79. The number of benzene rings is 1. The Balaban J connectivity index is 2.81. The van der Waals surface area contributed by atoms with E-state index in [1.165, 1.54) is 0 Å². The molecule has 1 aromatic carbocycles. The van der Waals surface area contributed by atoms with E-state index in [1.807, 2.05) is 26.0 Å². The van der Waals surface area contributed by atoms with Crippen LogP contribution in [0.3, 0.4) is 0 Å². The second-order valence-electron chi connectivity index (χ2n) is 5.82. The predicted octanol–water partition coefficient (Wildman–Crippen LogP) is 3.24. The van der Waals surface area contributed by atoms with Crippen LogP contribution in [0, 0.1) is 5.92 Å². The molecule has 1 N–H and O–H groups in total. The molecule has 0 aromatic heterocycles. The quantitative estimate of drug-likeness (QED) is 0.837. The third-order valence-electron chi connectivity index (χ3n) is 3.42. The van der Waals surface area contributed by atoms with Crippen LogP contribution in [-0.2, 0) is 16.1 Å². The highest BCUT2D eigenvalue weighted by Crippen LogP contribution is 2.14. The fourth-order valence-corrected chi connectivity index (χ4v) is 2.15. The van der Waals surface area contributed by atoms with E-state index < -0.39 is 6.04 Å². The Morgan fingerprint density at radius 3 is 2.27 bits per heavy atom. The molecule has 5 heteroatoms. The highest BCUT2D eigenvalue weighted by Gasteiger charge is 2.24.